The van der Waals surface area contributed by atoms with Crippen molar-refractivity contribution in [2.24, 2.45) is 0 Å². The molecule has 0 aliphatic carbocycles. The summed E-state index contributed by atoms with van der Waals surface area (Å²) >= 11 is 0. The highest BCUT2D eigenvalue weighted by Crippen LogP contribution is 2.15. The van der Waals surface area contributed by atoms with Gasteiger partial charge in [0.1, 0.15) is 0 Å². The van der Waals surface area contributed by atoms with Crippen molar-refractivity contribution in [3.63, 3.8) is 0 Å². The molecule has 4 nitrogen and oxygen atoms in total. The van der Waals surface area contributed by atoms with E-state index in [0.29, 0.717) is 5.56 Å². The Morgan fingerprint density at radius 3 is 2.78 bits per heavy atom. The Bertz CT molecular complexity index is 572. The van der Waals surface area contributed by atoms with Crippen LogP contribution in [0.5, 0.6) is 0 Å². The average molecular weight is 243 g/mol. The molecule has 0 bridgehead atoms. The van der Waals surface area contributed by atoms with Crippen LogP contribution < -0.4 is 5.32 Å². The van der Waals surface area contributed by atoms with Gasteiger partial charge in [-0.25, -0.2) is 0 Å². The molecule has 2 aromatic rings. The van der Waals surface area contributed by atoms with Crippen LogP contribution in [0.3, 0.4) is 0 Å². The van der Waals surface area contributed by atoms with Crippen molar-refractivity contribution >= 4 is 11.6 Å². The third-order valence-electron chi connectivity index (χ3n) is 2.93. The minimum atomic E-state index is -0.0996. The number of aryl methyl sites for hydroxylation is 2. The number of carbonyl (C=O) groups is 1. The van der Waals surface area contributed by atoms with Gasteiger partial charge in [0.05, 0.1) is 17.6 Å². The largest absolute Gasteiger partial charge is 0.319 e. The van der Waals surface area contributed by atoms with Gasteiger partial charge in [0, 0.05) is 12.1 Å². The van der Waals surface area contributed by atoms with Crippen LogP contribution in [0.15, 0.2) is 30.5 Å². The van der Waals surface area contributed by atoms with Crippen molar-refractivity contribution in [3.05, 3.63) is 47.3 Å². The first-order chi connectivity index (χ1) is 8.61. The van der Waals surface area contributed by atoms with Gasteiger partial charge in [-0.1, -0.05) is 17.7 Å². The topological polar surface area (TPSA) is 46.9 Å². The minimum absolute atomic E-state index is 0.0996. The first-order valence-corrected chi connectivity index (χ1v) is 6.02. The van der Waals surface area contributed by atoms with E-state index in [-0.39, 0.29) is 5.91 Å². The second-order valence-electron chi connectivity index (χ2n) is 4.28. The van der Waals surface area contributed by atoms with E-state index < -0.39 is 0 Å². The molecule has 0 radical (unpaired) electrons. The lowest BCUT2D eigenvalue weighted by atomic mass is 10.1. The lowest BCUT2D eigenvalue weighted by Crippen LogP contribution is -2.12. The lowest BCUT2D eigenvalue weighted by molar-refractivity contribution is 0.102. The zero-order valence-corrected chi connectivity index (χ0v) is 10.9. The van der Waals surface area contributed by atoms with Crippen LogP contribution in [0.2, 0.25) is 0 Å². The van der Waals surface area contributed by atoms with Crippen molar-refractivity contribution in [2.45, 2.75) is 27.3 Å². The van der Waals surface area contributed by atoms with Crippen molar-refractivity contribution in [1.82, 2.24) is 9.78 Å². The number of benzene rings is 1. The Kier molecular flexibility index (Phi) is 3.46. The van der Waals surface area contributed by atoms with Crippen LogP contribution in [0, 0.1) is 13.8 Å². The number of amides is 1. The van der Waals surface area contributed by atoms with Crippen molar-refractivity contribution in [2.75, 3.05) is 5.32 Å². The Morgan fingerprint density at radius 1 is 1.39 bits per heavy atom. The predicted molar refractivity (Wildman–Crippen MR) is 71.8 cm³/mol. The third kappa shape index (κ3) is 2.42. The number of aromatic nitrogens is 2. The fourth-order valence-electron chi connectivity index (χ4n) is 1.87. The number of nitrogens with zero attached hydrogens (tertiary/aromatic N) is 2. The van der Waals surface area contributed by atoms with Crippen LogP contribution in [0.25, 0.3) is 0 Å². The summed E-state index contributed by atoms with van der Waals surface area (Å²) in [5.74, 6) is -0.0996. The third-order valence-corrected chi connectivity index (χ3v) is 2.93. The van der Waals surface area contributed by atoms with Crippen molar-refractivity contribution in [1.29, 1.82) is 0 Å². The fourth-order valence-corrected chi connectivity index (χ4v) is 1.87. The highest BCUT2D eigenvalue weighted by Gasteiger charge is 2.10. The van der Waals surface area contributed by atoms with E-state index in [0.717, 1.165) is 23.5 Å². The molecule has 2 rings (SSSR count). The molecule has 0 saturated heterocycles. The van der Waals surface area contributed by atoms with Gasteiger partial charge in [-0.15, -0.1) is 0 Å². The molecule has 0 spiro atoms. The zero-order valence-electron chi connectivity index (χ0n) is 10.9. The molecule has 0 aliphatic rings. The quantitative estimate of drug-likeness (QED) is 0.901. The summed E-state index contributed by atoms with van der Waals surface area (Å²) in [6, 6.07) is 7.53. The van der Waals surface area contributed by atoms with Crippen molar-refractivity contribution < 1.29 is 4.79 Å². The van der Waals surface area contributed by atoms with E-state index >= 15 is 0 Å². The summed E-state index contributed by atoms with van der Waals surface area (Å²) in [6.45, 7) is 6.73. The second-order valence-corrected chi connectivity index (χ2v) is 4.28. The summed E-state index contributed by atoms with van der Waals surface area (Å²) in [5, 5.41) is 7.09. The minimum Gasteiger partial charge on any atom is -0.319 e. The molecule has 0 unspecified atom stereocenters. The van der Waals surface area contributed by atoms with Gasteiger partial charge in [-0.3, -0.25) is 9.48 Å². The summed E-state index contributed by atoms with van der Waals surface area (Å²) < 4.78 is 1.85. The van der Waals surface area contributed by atoms with Crippen LogP contribution in [-0.4, -0.2) is 15.7 Å². The highest BCUT2D eigenvalue weighted by molar-refractivity contribution is 6.04. The Morgan fingerprint density at radius 2 is 2.17 bits per heavy atom. The average Bonchev–Trinajstić information content (AvgIpc) is 2.70. The summed E-state index contributed by atoms with van der Waals surface area (Å²) in [4.78, 5) is 12.1. The monoisotopic (exact) mass is 243 g/mol. The van der Waals surface area contributed by atoms with Gasteiger partial charge in [0.25, 0.3) is 5.91 Å². The summed E-state index contributed by atoms with van der Waals surface area (Å²) in [6.07, 6.45) is 1.69. The molecule has 0 atom stereocenters. The van der Waals surface area contributed by atoms with Gasteiger partial charge < -0.3 is 5.32 Å². The molecule has 18 heavy (non-hydrogen) atoms. The molecule has 94 valence electrons. The van der Waals surface area contributed by atoms with E-state index in [2.05, 4.69) is 10.4 Å². The van der Waals surface area contributed by atoms with Crippen molar-refractivity contribution in [3.8, 4) is 0 Å². The SMILES string of the molecule is CCn1ncc(NC(=O)c2cccc(C)c2)c1C. The molecule has 0 fully saturated rings. The van der Waals surface area contributed by atoms with E-state index in [9.17, 15) is 4.79 Å². The number of carbonyl (C=O) groups excluding carboxylic acids is 1. The van der Waals surface area contributed by atoms with Crippen LogP contribution >= 0.6 is 0 Å². The predicted octanol–water partition coefficient (Wildman–Crippen LogP) is 2.77. The highest BCUT2D eigenvalue weighted by atomic mass is 16.1. The van der Waals surface area contributed by atoms with Gasteiger partial charge in [-0.2, -0.15) is 5.10 Å². The molecule has 1 amide bonds. The number of nitrogens with one attached hydrogen (secondary N) is 1. The Balaban J connectivity index is 2.19. The maximum atomic E-state index is 12.1. The molecule has 1 heterocycles. The molecule has 1 aromatic carbocycles. The standard InChI is InChI=1S/C14H17N3O/c1-4-17-11(3)13(9-15-17)16-14(18)12-7-5-6-10(2)8-12/h5-9H,4H2,1-3H3,(H,16,18). The summed E-state index contributed by atoms with van der Waals surface area (Å²) in [7, 11) is 0. The normalized spacial score (nSPS) is 10.4. The van der Waals surface area contributed by atoms with E-state index in [1.807, 2.05) is 49.7 Å². The molecule has 0 aliphatic heterocycles. The van der Waals surface area contributed by atoms with E-state index in [4.69, 9.17) is 0 Å². The molecule has 0 saturated carbocycles. The summed E-state index contributed by atoms with van der Waals surface area (Å²) in [5.41, 5.74) is 3.48. The molecule has 1 aromatic heterocycles. The number of rotatable bonds is 3. The molecule has 1 N–H and O–H groups in total. The smallest absolute Gasteiger partial charge is 0.255 e. The zero-order chi connectivity index (χ0) is 13.1. The fraction of sp³-hybridized carbons (Fsp3) is 0.286. The Hall–Kier alpha value is -2.10. The van der Waals surface area contributed by atoms with E-state index in [1.165, 1.54) is 0 Å². The number of anilines is 1. The number of hydrogen-bond donors (Lipinski definition) is 1. The first kappa shape index (κ1) is 12.4. The Labute approximate surface area is 107 Å². The number of hydrogen-bond acceptors (Lipinski definition) is 2. The van der Waals surface area contributed by atoms with Crippen LogP contribution in [0.4, 0.5) is 5.69 Å². The molecular weight excluding hydrogens is 226 g/mol. The maximum absolute atomic E-state index is 12.1. The van der Waals surface area contributed by atoms with E-state index in [1.54, 1.807) is 6.20 Å². The van der Waals surface area contributed by atoms with Gasteiger partial charge in [-0.05, 0) is 32.9 Å². The van der Waals surface area contributed by atoms with Gasteiger partial charge in [0.15, 0.2) is 0 Å². The van der Waals surface area contributed by atoms with Gasteiger partial charge >= 0.3 is 0 Å². The van der Waals surface area contributed by atoms with Crippen LogP contribution in [-0.2, 0) is 6.54 Å². The first-order valence-electron chi connectivity index (χ1n) is 6.02. The molecule has 4 heteroatoms. The van der Waals surface area contributed by atoms with Gasteiger partial charge in [0.2, 0.25) is 0 Å². The molecular formula is C14H17N3O. The lowest BCUT2D eigenvalue weighted by Gasteiger charge is -2.05. The second kappa shape index (κ2) is 5.04. The maximum Gasteiger partial charge on any atom is 0.255 e. The van der Waals surface area contributed by atoms with Crippen LogP contribution in [0.1, 0.15) is 28.5 Å².